The maximum absolute atomic E-state index is 11.9. The van der Waals surface area contributed by atoms with E-state index >= 15 is 0 Å². The van der Waals surface area contributed by atoms with Gasteiger partial charge in [0, 0.05) is 10.6 Å². The molecule has 4 nitrogen and oxygen atoms in total. The van der Waals surface area contributed by atoms with E-state index in [2.05, 4.69) is 11.4 Å². The van der Waals surface area contributed by atoms with Crippen molar-refractivity contribution in [2.45, 2.75) is 16.9 Å². The summed E-state index contributed by atoms with van der Waals surface area (Å²) in [5.74, 6) is 2.64. The van der Waals surface area contributed by atoms with Gasteiger partial charge in [0.15, 0.2) is 0 Å². The minimum absolute atomic E-state index is 0.0881. The van der Waals surface area contributed by atoms with Crippen molar-refractivity contribution in [2.24, 2.45) is 0 Å². The van der Waals surface area contributed by atoms with Crippen LogP contribution in [0.3, 0.4) is 0 Å². The van der Waals surface area contributed by atoms with Crippen LogP contribution in [0.5, 0.6) is 5.75 Å². The summed E-state index contributed by atoms with van der Waals surface area (Å²) < 4.78 is 5.08. The van der Waals surface area contributed by atoms with Gasteiger partial charge >= 0.3 is 0 Å². The zero-order chi connectivity index (χ0) is 14.4. The second-order valence-electron chi connectivity index (χ2n) is 4.51. The van der Waals surface area contributed by atoms with E-state index in [1.807, 2.05) is 24.3 Å². The summed E-state index contributed by atoms with van der Waals surface area (Å²) in [5, 5.41) is 12.1. The Bertz CT molecular complexity index is 505. The number of rotatable bonds is 5. The van der Waals surface area contributed by atoms with Gasteiger partial charge in [0.05, 0.1) is 18.9 Å². The molecule has 1 atom stereocenters. The highest BCUT2D eigenvalue weighted by Crippen LogP contribution is 2.28. The van der Waals surface area contributed by atoms with Crippen LogP contribution in [0.4, 0.5) is 0 Å². The molecule has 0 spiro atoms. The summed E-state index contributed by atoms with van der Waals surface area (Å²) in [6.45, 7) is 0. The monoisotopic (exact) mass is 308 g/mol. The molecule has 20 heavy (non-hydrogen) atoms. The molecule has 106 valence electrons. The van der Waals surface area contributed by atoms with E-state index in [1.165, 1.54) is 11.8 Å². The standard InChI is InChI=1S/C14H16N2O2S2/c1-18-11-2-4-12(5-3-11)20-8-13(17)16-14(9-15)6-7-19-10-14/h2-5H,6-8,10H2,1H3,(H,16,17). The molecule has 1 fully saturated rings. The minimum atomic E-state index is -0.664. The molecule has 1 aliphatic heterocycles. The average molecular weight is 308 g/mol. The first kappa shape index (κ1) is 15.1. The van der Waals surface area contributed by atoms with E-state index in [4.69, 9.17) is 4.74 Å². The van der Waals surface area contributed by atoms with Gasteiger partial charge in [-0.2, -0.15) is 17.0 Å². The summed E-state index contributed by atoms with van der Waals surface area (Å²) in [5.41, 5.74) is -0.664. The fourth-order valence-corrected chi connectivity index (χ4v) is 3.87. The third kappa shape index (κ3) is 3.84. The number of carbonyl (C=O) groups is 1. The molecule has 0 aromatic heterocycles. The van der Waals surface area contributed by atoms with Crippen LogP contribution in [-0.4, -0.2) is 35.8 Å². The lowest BCUT2D eigenvalue weighted by atomic mass is 10.0. The van der Waals surface area contributed by atoms with Crippen LogP contribution in [0.1, 0.15) is 6.42 Å². The number of nitrogens with one attached hydrogen (secondary N) is 1. The Morgan fingerprint density at radius 1 is 1.55 bits per heavy atom. The van der Waals surface area contributed by atoms with E-state index in [1.54, 1.807) is 18.9 Å². The Morgan fingerprint density at radius 3 is 2.85 bits per heavy atom. The second kappa shape index (κ2) is 6.91. The highest BCUT2D eigenvalue weighted by atomic mass is 32.2. The van der Waals surface area contributed by atoms with Crippen molar-refractivity contribution in [1.82, 2.24) is 5.32 Å². The molecule has 1 unspecified atom stereocenters. The Balaban J connectivity index is 1.84. The summed E-state index contributed by atoms with van der Waals surface area (Å²) in [7, 11) is 1.62. The van der Waals surface area contributed by atoms with E-state index in [0.717, 1.165) is 22.8 Å². The number of nitrogens with zero attached hydrogens (tertiary/aromatic N) is 1. The molecule has 1 N–H and O–H groups in total. The zero-order valence-corrected chi connectivity index (χ0v) is 12.9. The number of carbonyl (C=O) groups excluding carboxylic acids is 1. The van der Waals surface area contributed by atoms with Gasteiger partial charge in [-0.15, -0.1) is 11.8 Å². The molecule has 0 aliphatic carbocycles. The maximum atomic E-state index is 11.9. The molecule has 6 heteroatoms. The average Bonchev–Trinajstić information content (AvgIpc) is 2.95. The zero-order valence-electron chi connectivity index (χ0n) is 11.2. The van der Waals surface area contributed by atoms with Crippen molar-refractivity contribution in [2.75, 3.05) is 24.4 Å². The van der Waals surface area contributed by atoms with E-state index < -0.39 is 5.54 Å². The van der Waals surface area contributed by atoms with E-state index in [-0.39, 0.29) is 5.91 Å². The lowest BCUT2D eigenvalue weighted by Gasteiger charge is -2.20. The topological polar surface area (TPSA) is 62.1 Å². The van der Waals surface area contributed by atoms with Crippen LogP contribution in [0, 0.1) is 11.3 Å². The summed E-state index contributed by atoms with van der Waals surface area (Å²) in [6.07, 6.45) is 0.729. The van der Waals surface area contributed by atoms with Crippen LogP contribution in [0.25, 0.3) is 0 Å². The van der Waals surface area contributed by atoms with Gasteiger partial charge in [-0.05, 0) is 36.4 Å². The highest BCUT2D eigenvalue weighted by Gasteiger charge is 2.35. The van der Waals surface area contributed by atoms with Crippen LogP contribution in [0.2, 0.25) is 0 Å². The van der Waals surface area contributed by atoms with Crippen LogP contribution in [-0.2, 0) is 4.79 Å². The number of hydrogen-bond donors (Lipinski definition) is 1. The van der Waals surface area contributed by atoms with Crippen molar-refractivity contribution in [1.29, 1.82) is 5.26 Å². The van der Waals surface area contributed by atoms with E-state index in [0.29, 0.717) is 11.5 Å². The maximum Gasteiger partial charge on any atom is 0.231 e. The molecule has 0 bridgehead atoms. The van der Waals surface area contributed by atoms with Gasteiger partial charge in [-0.3, -0.25) is 4.79 Å². The number of benzene rings is 1. The number of amides is 1. The van der Waals surface area contributed by atoms with Crippen molar-refractivity contribution in [3.8, 4) is 11.8 Å². The second-order valence-corrected chi connectivity index (χ2v) is 6.66. The third-order valence-electron chi connectivity index (χ3n) is 3.04. The summed E-state index contributed by atoms with van der Waals surface area (Å²) in [6, 6.07) is 9.81. The van der Waals surface area contributed by atoms with Gasteiger partial charge in [0.1, 0.15) is 11.3 Å². The number of methoxy groups -OCH3 is 1. The molecular formula is C14H16N2O2S2. The summed E-state index contributed by atoms with van der Waals surface area (Å²) in [4.78, 5) is 12.9. The van der Waals surface area contributed by atoms with Crippen molar-refractivity contribution in [3.63, 3.8) is 0 Å². The van der Waals surface area contributed by atoms with Gasteiger partial charge in [-0.1, -0.05) is 0 Å². The Hall–Kier alpha value is -1.32. The fraction of sp³-hybridized carbons (Fsp3) is 0.429. The first-order valence-electron chi connectivity index (χ1n) is 6.24. The molecule has 0 radical (unpaired) electrons. The normalized spacial score (nSPS) is 21.2. The Kier molecular flexibility index (Phi) is 5.21. The largest absolute Gasteiger partial charge is 0.497 e. The minimum Gasteiger partial charge on any atom is -0.497 e. The van der Waals surface area contributed by atoms with Gasteiger partial charge < -0.3 is 10.1 Å². The van der Waals surface area contributed by atoms with Crippen molar-refractivity contribution in [3.05, 3.63) is 24.3 Å². The predicted octanol–water partition coefficient (Wildman–Crippen LogP) is 2.30. The summed E-state index contributed by atoms with van der Waals surface area (Å²) >= 11 is 3.16. The van der Waals surface area contributed by atoms with Gasteiger partial charge in [-0.25, -0.2) is 0 Å². The quantitative estimate of drug-likeness (QED) is 0.846. The van der Waals surface area contributed by atoms with Crippen LogP contribution < -0.4 is 10.1 Å². The van der Waals surface area contributed by atoms with E-state index in [9.17, 15) is 10.1 Å². The number of nitriles is 1. The SMILES string of the molecule is COc1ccc(SCC(=O)NC2(C#N)CCSC2)cc1. The van der Waals surface area contributed by atoms with Crippen molar-refractivity contribution < 1.29 is 9.53 Å². The number of ether oxygens (including phenoxy) is 1. The predicted molar refractivity (Wildman–Crippen MR) is 82.1 cm³/mol. The number of thioether (sulfide) groups is 2. The van der Waals surface area contributed by atoms with Crippen LogP contribution in [0.15, 0.2) is 29.2 Å². The molecule has 1 saturated heterocycles. The Morgan fingerprint density at radius 2 is 2.30 bits per heavy atom. The molecule has 1 aromatic carbocycles. The third-order valence-corrected chi connectivity index (χ3v) is 5.25. The lowest BCUT2D eigenvalue weighted by molar-refractivity contribution is -0.119. The van der Waals surface area contributed by atoms with Gasteiger partial charge in [0.2, 0.25) is 5.91 Å². The first-order chi connectivity index (χ1) is 9.67. The smallest absolute Gasteiger partial charge is 0.231 e. The Labute approximate surface area is 127 Å². The molecule has 2 rings (SSSR count). The highest BCUT2D eigenvalue weighted by molar-refractivity contribution is 8.00. The first-order valence-corrected chi connectivity index (χ1v) is 8.38. The van der Waals surface area contributed by atoms with Gasteiger partial charge in [0.25, 0.3) is 0 Å². The molecular weight excluding hydrogens is 292 g/mol. The van der Waals surface area contributed by atoms with Crippen molar-refractivity contribution >= 4 is 29.4 Å². The molecule has 1 heterocycles. The molecule has 0 saturated carbocycles. The number of hydrogen-bond acceptors (Lipinski definition) is 5. The van der Waals surface area contributed by atoms with Crippen LogP contribution >= 0.6 is 23.5 Å². The molecule has 1 amide bonds. The lowest BCUT2D eigenvalue weighted by Crippen LogP contribution is -2.48. The molecule has 1 aliphatic rings. The molecule has 1 aromatic rings. The fourth-order valence-electron chi connectivity index (χ4n) is 1.90.